The van der Waals surface area contributed by atoms with Crippen LogP contribution in [0.25, 0.3) is 0 Å². The summed E-state index contributed by atoms with van der Waals surface area (Å²) < 4.78 is 0. The fraction of sp³-hybridized carbons (Fsp3) is 0.500. The molecule has 15 heavy (non-hydrogen) atoms. The van der Waals surface area contributed by atoms with E-state index in [0.717, 1.165) is 17.0 Å². The quantitative estimate of drug-likeness (QED) is 0.448. The molecule has 0 aromatic heterocycles. The van der Waals surface area contributed by atoms with Gasteiger partial charge in [0.1, 0.15) is 0 Å². The van der Waals surface area contributed by atoms with Gasteiger partial charge < -0.3 is 0 Å². The van der Waals surface area contributed by atoms with Crippen LogP contribution in [0, 0.1) is 11.8 Å². The van der Waals surface area contributed by atoms with Crippen molar-refractivity contribution in [2.75, 3.05) is 0 Å². The summed E-state index contributed by atoms with van der Waals surface area (Å²) in [6.07, 6.45) is 0. The highest BCUT2D eigenvalue weighted by molar-refractivity contribution is 5.80. The van der Waals surface area contributed by atoms with Gasteiger partial charge in [0, 0.05) is 17.5 Å². The van der Waals surface area contributed by atoms with Gasteiger partial charge in [0.05, 0.1) is 5.70 Å². The molecule has 1 aliphatic carbocycles. The molecule has 82 valence electrons. The Balaban J connectivity index is 3.28. The minimum absolute atomic E-state index is 0.348. The lowest BCUT2D eigenvalue weighted by Gasteiger charge is -2.31. The zero-order chi connectivity index (χ0) is 11.7. The predicted octanol–water partition coefficient (Wildman–Crippen LogP) is 4.14. The summed E-state index contributed by atoms with van der Waals surface area (Å²) in [5.41, 5.74) is 5.86. The number of nitrogens with zero attached hydrogens (tertiary/aromatic N) is 1. The highest BCUT2D eigenvalue weighted by atomic mass is 14.8. The van der Waals surface area contributed by atoms with Crippen molar-refractivity contribution in [3.63, 3.8) is 0 Å². The lowest BCUT2D eigenvalue weighted by atomic mass is 9.76. The highest BCUT2D eigenvalue weighted by Crippen LogP contribution is 2.40. The zero-order valence-electron chi connectivity index (χ0n) is 10.5. The van der Waals surface area contributed by atoms with Gasteiger partial charge in [-0.3, -0.25) is 4.99 Å². The van der Waals surface area contributed by atoms with E-state index in [4.69, 9.17) is 0 Å². The Morgan fingerprint density at radius 3 is 2.13 bits per heavy atom. The van der Waals surface area contributed by atoms with E-state index in [0.29, 0.717) is 11.8 Å². The molecule has 0 saturated carbocycles. The van der Waals surface area contributed by atoms with Crippen LogP contribution >= 0.6 is 0 Å². The molecule has 0 aromatic carbocycles. The van der Waals surface area contributed by atoms with E-state index in [9.17, 15) is 0 Å². The van der Waals surface area contributed by atoms with Crippen LogP contribution in [-0.4, -0.2) is 5.71 Å². The maximum Gasteiger partial charge on any atom is 0.0503 e. The molecular weight excluding hydrogens is 182 g/mol. The molecule has 0 amide bonds. The molecule has 0 radical (unpaired) electrons. The van der Waals surface area contributed by atoms with E-state index in [2.05, 4.69) is 38.9 Å². The van der Waals surface area contributed by atoms with Gasteiger partial charge in [-0.15, -0.1) is 0 Å². The minimum atomic E-state index is 0.348. The Kier molecular flexibility index (Phi) is 3.33. The summed E-state index contributed by atoms with van der Waals surface area (Å²) in [5, 5.41) is 0. The zero-order valence-corrected chi connectivity index (χ0v) is 10.5. The van der Waals surface area contributed by atoms with Gasteiger partial charge in [0.15, 0.2) is 0 Å². The molecule has 0 heterocycles. The number of hydrogen-bond acceptors (Lipinski definition) is 1. The van der Waals surface area contributed by atoms with E-state index >= 15 is 0 Å². The monoisotopic (exact) mass is 203 g/mol. The molecule has 1 nitrogen and oxygen atoms in total. The molecule has 2 atom stereocenters. The third kappa shape index (κ3) is 2.11. The summed E-state index contributed by atoms with van der Waals surface area (Å²) in [4.78, 5) is 4.61. The van der Waals surface area contributed by atoms with Crippen molar-refractivity contribution in [2.45, 2.75) is 34.6 Å². The largest absolute Gasteiger partial charge is 0.262 e. The number of hydrogen-bond donors (Lipinski definition) is 0. The van der Waals surface area contributed by atoms with Gasteiger partial charge in [-0.05, 0) is 31.9 Å². The summed E-state index contributed by atoms with van der Waals surface area (Å²) >= 11 is 0. The van der Waals surface area contributed by atoms with Gasteiger partial charge in [-0.1, -0.05) is 32.6 Å². The van der Waals surface area contributed by atoms with Gasteiger partial charge in [-0.2, -0.15) is 0 Å². The van der Waals surface area contributed by atoms with Crippen molar-refractivity contribution >= 4 is 5.71 Å². The second-order valence-corrected chi connectivity index (χ2v) is 4.61. The molecule has 0 saturated heterocycles. The van der Waals surface area contributed by atoms with Crippen LogP contribution in [0.3, 0.4) is 0 Å². The number of rotatable bonds is 1. The molecule has 0 bridgehead atoms. The first-order valence-corrected chi connectivity index (χ1v) is 5.46. The minimum Gasteiger partial charge on any atom is -0.262 e. The van der Waals surface area contributed by atoms with Crippen LogP contribution in [0.2, 0.25) is 0 Å². The van der Waals surface area contributed by atoms with Crippen LogP contribution in [0.1, 0.15) is 34.6 Å². The molecule has 0 fully saturated rings. The third-order valence-electron chi connectivity index (χ3n) is 3.26. The van der Waals surface area contributed by atoms with E-state index in [1.807, 2.05) is 13.8 Å². The van der Waals surface area contributed by atoms with E-state index in [1.165, 1.54) is 11.1 Å². The Hall–Kier alpha value is -1.11. The second-order valence-electron chi connectivity index (χ2n) is 4.61. The average molecular weight is 203 g/mol. The van der Waals surface area contributed by atoms with Crippen LogP contribution in [0.4, 0.5) is 0 Å². The van der Waals surface area contributed by atoms with Crippen molar-refractivity contribution < 1.29 is 0 Å². The van der Waals surface area contributed by atoms with Crippen LogP contribution in [-0.2, 0) is 0 Å². The van der Waals surface area contributed by atoms with Crippen molar-refractivity contribution in [2.24, 2.45) is 16.8 Å². The van der Waals surface area contributed by atoms with E-state index < -0.39 is 0 Å². The molecular formula is C14H21N. The van der Waals surface area contributed by atoms with Crippen LogP contribution in [0.15, 0.2) is 40.6 Å². The Bertz CT molecular complexity index is 365. The maximum absolute atomic E-state index is 4.61. The van der Waals surface area contributed by atoms with Gasteiger partial charge in [0.2, 0.25) is 0 Å². The summed E-state index contributed by atoms with van der Waals surface area (Å²) in [6, 6.07) is 0. The third-order valence-corrected chi connectivity index (χ3v) is 3.26. The first kappa shape index (κ1) is 12.0. The molecule has 0 aliphatic heterocycles. The Morgan fingerprint density at radius 1 is 1.13 bits per heavy atom. The molecule has 1 aliphatic rings. The molecule has 0 N–H and O–H groups in total. The smallest absolute Gasteiger partial charge is 0.0503 e. The second kappa shape index (κ2) is 4.18. The SMILES string of the molecule is C=C1C(C)=C(N=C(C)C)C(C)C(=C)C1C. The topological polar surface area (TPSA) is 12.4 Å². The van der Waals surface area contributed by atoms with Gasteiger partial charge in [-0.25, -0.2) is 0 Å². The molecule has 0 spiro atoms. The predicted molar refractivity (Wildman–Crippen MR) is 68.1 cm³/mol. The number of allylic oxidation sites excluding steroid dienone is 3. The Labute approximate surface area is 93.3 Å². The van der Waals surface area contributed by atoms with Crippen molar-refractivity contribution in [1.29, 1.82) is 0 Å². The fourth-order valence-electron chi connectivity index (χ4n) is 2.01. The van der Waals surface area contributed by atoms with E-state index in [-0.39, 0.29) is 0 Å². The fourth-order valence-corrected chi connectivity index (χ4v) is 2.01. The van der Waals surface area contributed by atoms with Gasteiger partial charge in [0.25, 0.3) is 0 Å². The normalized spacial score (nSPS) is 27.0. The molecule has 2 unspecified atom stereocenters. The van der Waals surface area contributed by atoms with Crippen molar-refractivity contribution in [3.8, 4) is 0 Å². The molecule has 0 aromatic rings. The lowest BCUT2D eigenvalue weighted by molar-refractivity contribution is 0.629. The summed E-state index contributed by atoms with van der Waals surface area (Å²) in [7, 11) is 0. The van der Waals surface area contributed by atoms with Crippen molar-refractivity contribution in [1.82, 2.24) is 0 Å². The first-order valence-electron chi connectivity index (χ1n) is 5.46. The van der Waals surface area contributed by atoms with Gasteiger partial charge >= 0.3 is 0 Å². The number of aliphatic imine (C=N–C) groups is 1. The average Bonchev–Trinajstić information content (AvgIpc) is 2.18. The molecule has 1 heteroatoms. The summed E-state index contributed by atoms with van der Waals surface area (Å²) in [6.45, 7) is 18.8. The molecule has 1 rings (SSSR count). The lowest BCUT2D eigenvalue weighted by Crippen LogP contribution is -2.19. The maximum atomic E-state index is 4.61. The van der Waals surface area contributed by atoms with Crippen molar-refractivity contribution in [3.05, 3.63) is 35.6 Å². The van der Waals surface area contributed by atoms with Crippen LogP contribution < -0.4 is 0 Å². The highest BCUT2D eigenvalue weighted by Gasteiger charge is 2.27. The van der Waals surface area contributed by atoms with Crippen LogP contribution in [0.5, 0.6) is 0 Å². The summed E-state index contributed by atoms with van der Waals surface area (Å²) in [5.74, 6) is 0.733. The van der Waals surface area contributed by atoms with E-state index in [1.54, 1.807) is 0 Å². The standard InChI is InChI=1S/C14H21N/c1-8(2)15-14-12(6)10(4)9(3)11(5)13(14)7/h9,12H,4-5H2,1-3,6-7H3. The Morgan fingerprint density at radius 2 is 1.67 bits per heavy atom. The first-order chi connectivity index (χ1) is 6.86.